The largest absolute Gasteiger partial charge is 0.319 e. The fourth-order valence-electron chi connectivity index (χ4n) is 2.58. The summed E-state index contributed by atoms with van der Waals surface area (Å²) in [7, 11) is -3.85. The molecule has 0 aliphatic heterocycles. The van der Waals surface area contributed by atoms with Gasteiger partial charge in [-0.3, -0.25) is 14.1 Å². The average molecular weight is 417 g/mol. The van der Waals surface area contributed by atoms with E-state index < -0.39 is 15.9 Å². The summed E-state index contributed by atoms with van der Waals surface area (Å²) >= 11 is 6.15. The standard InChI is InChI=1S/C19H17ClN4O3S/c1-2-24(14-6-4-3-5-7-14)28(26,27)15-8-9-16(20)17(12-15)23-19(25)18-13-21-10-11-22-18/h3-13H,2H2,1H3,(H,23,25). The Balaban J connectivity index is 1.95. The molecule has 0 aliphatic rings. The molecule has 1 N–H and O–H groups in total. The van der Waals surface area contributed by atoms with Crippen LogP contribution in [0.4, 0.5) is 11.4 Å². The fourth-order valence-corrected chi connectivity index (χ4v) is 4.24. The minimum atomic E-state index is -3.85. The zero-order valence-electron chi connectivity index (χ0n) is 14.9. The first-order valence-corrected chi connectivity index (χ1v) is 10.2. The van der Waals surface area contributed by atoms with Gasteiger partial charge in [0.05, 0.1) is 27.5 Å². The highest BCUT2D eigenvalue weighted by Crippen LogP contribution is 2.29. The van der Waals surface area contributed by atoms with Gasteiger partial charge in [0, 0.05) is 18.9 Å². The molecule has 144 valence electrons. The average Bonchev–Trinajstić information content (AvgIpc) is 2.71. The first-order chi connectivity index (χ1) is 13.4. The lowest BCUT2D eigenvalue weighted by Crippen LogP contribution is -2.30. The van der Waals surface area contributed by atoms with Gasteiger partial charge in [-0.15, -0.1) is 0 Å². The summed E-state index contributed by atoms with van der Waals surface area (Å²) in [6.07, 6.45) is 4.13. The number of carbonyl (C=O) groups is 1. The maximum atomic E-state index is 13.1. The molecule has 0 atom stereocenters. The number of para-hydroxylation sites is 1. The zero-order valence-corrected chi connectivity index (χ0v) is 16.5. The molecule has 0 spiro atoms. The number of halogens is 1. The van der Waals surface area contributed by atoms with Crippen LogP contribution in [0, 0.1) is 0 Å². The molecule has 1 amide bonds. The topological polar surface area (TPSA) is 92.3 Å². The van der Waals surface area contributed by atoms with Gasteiger partial charge in [0.15, 0.2) is 0 Å². The molecule has 28 heavy (non-hydrogen) atoms. The molecule has 2 aromatic carbocycles. The molecule has 0 aliphatic carbocycles. The third kappa shape index (κ3) is 4.13. The highest BCUT2D eigenvalue weighted by molar-refractivity contribution is 7.92. The van der Waals surface area contributed by atoms with E-state index in [4.69, 9.17) is 11.6 Å². The molecule has 7 nitrogen and oxygen atoms in total. The van der Waals surface area contributed by atoms with E-state index in [-0.39, 0.29) is 27.8 Å². The molecule has 0 unspecified atom stereocenters. The Morgan fingerprint density at radius 2 is 1.89 bits per heavy atom. The fraction of sp³-hybridized carbons (Fsp3) is 0.105. The van der Waals surface area contributed by atoms with E-state index in [1.807, 2.05) is 6.07 Å². The minimum absolute atomic E-state index is 0.0112. The van der Waals surface area contributed by atoms with Gasteiger partial charge in [0.1, 0.15) is 5.69 Å². The van der Waals surface area contributed by atoms with E-state index in [1.54, 1.807) is 31.2 Å². The molecule has 0 bridgehead atoms. The van der Waals surface area contributed by atoms with Gasteiger partial charge in [-0.05, 0) is 37.3 Å². The Bertz CT molecular complexity index is 1080. The lowest BCUT2D eigenvalue weighted by molar-refractivity contribution is 0.102. The summed E-state index contributed by atoms with van der Waals surface area (Å²) < 4.78 is 27.5. The summed E-state index contributed by atoms with van der Waals surface area (Å²) in [5, 5.41) is 2.79. The van der Waals surface area contributed by atoms with Crippen LogP contribution in [0.3, 0.4) is 0 Å². The second-order valence-corrected chi connectivity index (χ2v) is 7.96. The molecule has 1 heterocycles. The van der Waals surface area contributed by atoms with Crippen molar-refractivity contribution >= 4 is 38.9 Å². The Labute approximate surface area is 168 Å². The van der Waals surface area contributed by atoms with Crippen LogP contribution < -0.4 is 9.62 Å². The van der Waals surface area contributed by atoms with Crippen molar-refractivity contribution in [2.24, 2.45) is 0 Å². The number of aromatic nitrogens is 2. The SMILES string of the molecule is CCN(c1ccccc1)S(=O)(=O)c1ccc(Cl)c(NC(=O)c2cnccn2)c1. The van der Waals surface area contributed by atoms with Crippen LogP contribution in [0.15, 0.2) is 72.0 Å². The number of hydrogen-bond acceptors (Lipinski definition) is 5. The van der Waals surface area contributed by atoms with Crippen LogP contribution in [-0.4, -0.2) is 30.8 Å². The van der Waals surface area contributed by atoms with Gasteiger partial charge in [0.2, 0.25) is 0 Å². The number of benzene rings is 2. The van der Waals surface area contributed by atoms with Crippen molar-refractivity contribution < 1.29 is 13.2 Å². The summed E-state index contributed by atoms with van der Waals surface area (Å²) in [6.45, 7) is 1.99. The van der Waals surface area contributed by atoms with Crippen LogP contribution in [0.2, 0.25) is 5.02 Å². The van der Waals surface area contributed by atoms with Crippen LogP contribution >= 0.6 is 11.6 Å². The summed E-state index contributed by atoms with van der Waals surface area (Å²) in [5.41, 5.74) is 0.805. The molecule has 3 aromatic rings. The summed E-state index contributed by atoms with van der Waals surface area (Å²) in [5.74, 6) is -0.542. The third-order valence-electron chi connectivity index (χ3n) is 3.90. The van der Waals surface area contributed by atoms with Gasteiger partial charge < -0.3 is 5.32 Å². The Kier molecular flexibility index (Phi) is 5.91. The van der Waals surface area contributed by atoms with Gasteiger partial charge >= 0.3 is 0 Å². The maximum absolute atomic E-state index is 13.1. The second-order valence-electron chi connectivity index (χ2n) is 5.69. The van der Waals surface area contributed by atoms with E-state index in [9.17, 15) is 13.2 Å². The highest BCUT2D eigenvalue weighted by atomic mass is 35.5. The van der Waals surface area contributed by atoms with Crippen molar-refractivity contribution in [1.82, 2.24) is 9.97 Å². The Morgan fingerprint density at radius 3 is 2.54 bits per heavy atom. The Hall–Kier alpha value is -2.97. The smallest absolute Gasteiger partial charge is 0.275 e. The highest BCUT2D eigenvalue weighted by Gasteiger charge is 2.24. The third-order valence-corrected chi connectivity index (χ3v) is 6.13. The number of anilines is 2. The van der Waals surface area contributed by atoms with E-state index in [2.05, 4.69) is 15.3 Å². The molecule has 0 saturated carbocycles. The first-order valence-electron chi connectivity index (χ1n) is 8.38. The number of nitrogens with one attached hydrogen (secondary N) is 1. The number of amides is 1. The van der Waals surface area contributed by atoms with Crippen molar-refractivity contribution in [3.8, 4) is 0 Å². The van der Waals surface area contributed by atoms with Crippen molar-refractivity contribution in [3.63, 3.8) is 0 Å². The van der Waals surface area contributed by atoms with Gasteiger partial charge in [-0.1, -0.05) is 29.8 Å². The second kappa shape index (κ2) is 8.37. The number of carbonyl (C=O) groups excluding carboxylic acids is 1. The lowest BCUT2D eigenvalue weighted by atomic mass is 10.3. The molecule has 0 radical (unpaired) electrons. The summed E-state index contributed by atoms with van der Waals surface area (Å²) in [6, 6.07) is 12.9. The minimum Gasteiger partial charge on any atom is -0.319 e. The van der Waals surface area contributed by atoms with Crippen molar-refractivity contribution in [2.75, 3.05) is 16.2 Å². The van der Waals surface area contributed by atoms with Crippen molar-refractivity contribution in [2.45, 2.75) is 11.8 Å². The van der Waals surface area contributed by atoms with Crippen LogP contribution in [-0.2, 0) is 10.0 Å². The van der Waals surface area contributed by atoms with E-state index in [0.717, 1.165) is 0 Å². The molecule has 1 aromatic heterocycles. The van der Waals surface area contributed by atoms with Gasteiger partial charge in [0.25, 0.3) is 15.9 Å². The predicted octanol–water partition coefficient (Wildman–Crippen LogP) is 3.60. The first kappa shape index (κ1) is 19.8. The molecule has 0 saturated heterocycles. The quantitative estimate of drug-likeness (QED) is 0.662. The molecular weight excluding hydrogens is 400 g/mol. The number of sulfonamides is 1. The monoisotopic (exact) mass is 416 g/mol. The van der Waals surface area contributed by atoms with Crippen LogP contribution in [0.1, 0.15) is 17.4 Å². The van der Waals surface area contributed by atoms with Crippen molar-refractivity contribution in [1.29, 1.82) is 0 Å². The normalized spacial score (nSPS) is 11.1. The lowest BCUT2D eigenvalue weighted by Gasteiger charge is -2.23. The molecule has 9 heteroatoms. The van der Waals surface area contributed by atoms with Gasteiger partial charge in [-0.25, -0.2) is 13.4 Å². The van der Waals surface area contributed by atoms with Crippen LogP contribution in [0.5, 0.6) is 0 Å². The van der Waals surface area contributed by atoms with Crippen molar-refractivity contribution in [3.05, 3.63) is 77.8 Å². The number of hydrogen-bond donors (Lipinski definition) is 1. The molecule has 3 rings (SSSR count). The maximum Gasteiger partial charge on any atom is 0.275 e. The summed E-state index contributed by atoms with van der Waals surface area (Å²) in [4.78, 5) is 20.1. The van der Waals surface area contributed by atoms with E-state index >= 15 is 0 Å². The van der Waals surface area contributed by atoms with Gasteiger partial charge in [-0.2, -0.15) is 0 Å². The zero-order chi connectivity index (χ0) is 20.1. The van der Waals surface area contributed by atoms with E-state index in [1.165, 1.54) is 41.1 Å². The van der Waals surface area contributed by atoms with E-state index in [0.29, 0.717) is 5.69 Å². The number of nitrogens with zero attached hydrogens (tertiary/aromatic N) is 3. The predicted molar refractivity (Wildman–Crippen MR) is 108 cm³/mol. The number of rotatable bonds is 6. The molecular formula is C19H17ClN4O3S. The Morgan fingerprint density at radius 1 is 1.14 bits per heavy atom. The van der Waals surface area contributed by atoms with Crippen LogP contribution in [0.25, 0.3) is 0 Å². The molecule has 0 fully saturated rings.